The van der Waals surface area contributed by atoms with E-state index >= 15 is 0 Å². The lowest BCUT2D eigenvalue weighted by atomic mass is 10.4. The van der Waals surface area contributed by atoms with Gasteiger partial charge in [-0.1, -0.05) is 0 Å². The maximum absolute atomic E-state index is 11.5. The van der Waals surface area contributed by atoms with E-state index in [-0.39, 0.29) is 19.2 Å². The highest BCUT2D eigenvalue weighted by Crippen LogP contribution is 2.00. The van der Waals surface area contributed by atoms with Gasteiger partial charge in [0.15, 0.2) is 0 Å². The fraction of sp³-hybridized carbons (Fsp3) is 1.00. The molecule has 0 heterocycles. The predicted octanol–water partition coefficient (Wildman–Crippen LogP) is -0.832. The third kappa shape index (κ3) is 5.43. The van der Waals surface area contributed by atoms with Crippen molar-refractivity contribution in [2.45, 2.75) is 26.0 Å². The first kappa shape index (κ1) is 14.8. The number of nitrogens with zero attached hydrogens (tertiary/aromatic N) is 1. The molecule has 15 heavy (non-hydrogen) atoms. The molecule has 1 atom stereocenters. The number of aliphatic hydroxyl groups is 1. The molecule has 1 unspecified atom stereocenters. The van der Waals surface area contributed by atoms with Crippen LogP contribution in [0, 0.1) is 0 Å². The molecule has 0 saturated heterocycles. The summed E-state index contributed by atoms with van der Waals surface area (Å²) in [6, 6.07) is -0.123. The highest BCUT2D eigenvalue weighted by molar-refractivity contribution is 7.87. The molecule has 0 spiro atoms. The van der Waals surface area contributed by atoms with E-state index in [1.165, 1.54) is 18.5 Å². The molecule has 0 radical (unpaired) electrons. The molecule has 0 rings (SSSR count). The molecule has 92 valence electrons. The number of methoxy groups -OCH3 is 1. The summed E-state index contributed by atoms with van der Waals surface area (Å²) < 4.78 is 31.3. The number of hydrogen-bond acceptors (Lipinski definition) is 4. The summed E-state index contributed by atoms with van der Waals surface area (Å²) in [5.41, 5.74) is 0. The molecule has 0 aromatic carbocycles. The van der Waals surface area contributed by atoms with Crippen molar-refractivity contribution in [3.8, 4) is 0 Å². The molecule has 0 aliphatic carbocycles. The second-order valence-electron chi connectivity index (χ2n) is 3.57. The Bertz CT molecular complexity index is 266. The summed E-state index contributed by atoms with van der Waals surface area (Å²) in [5, 5.41) is 9.26. The van der Waals surface area contributed by atoms with Crippen molar-refractivity contribution in [3.63, 3.8) is 0 Å². The zero-order valence-electron chi connectivity index (χ0n) is 9.60. The van der Waals surface area contributed by atoms with Crippen LogP contribution in [-0.2, 0) is 14.9 Å². The third-order valence-corrected chi connectivity index (χ3v) is 3.68. The number of nitrogens with one attached hydrogen (secondary N) is 1. The van der Waals surface area contributed by atoms with Crippen LogP contribution < -0.4 is 4.72 Å². The maximum atomic E-state index is 11.5. The van der Waals surface area contributed by atoms with Crippen LogP contribution in [0.15, 0.2) is 0 Å². The molecule has 0 aliphatic rings. The van der Waals surface area contributed by atoms with Crippen molar-refractivity contribution in [3.05, 3.63) is 0 Å². The molecule has 7 heteroatoms. The lowest BCUT2D eigenvalue weighted by molar-refractivity contribution is 0.0676. The normalized spacial score (nSPS) is 14.9. The fourth-order valence-electron chi connectivity index (χ4n) is 0.832. The lowest BCUT2D eigenvalue weighted by Crippen LogP contribution is -2.45. The van der Waals surface area contributed by atoms with Gasteiger partial charge in [-0.25, -0.2) is 0 Å². The van der Waals surface area contributed by atoms with Crippen molar-refractivity contribution in [1.29, 1.82) is 0 Å². The Balaban J connectivity index is 4.16. The van der Waals surface area contributed by atoms with E-state index in [0.29, 0.717) is 0 Å². The summed E-state index contributed by atoms with van der Waals surface area (Å²) >= 11 is 0. The van der Waals surface area contributed by atoms with E-state index in [1.807, 2.05) is 0 Å². The van der Waals surface area contributed by atoms with Crippen LogP contribution in [0.25, 0.3) is 0 Å². The Kier molecular flexibility index (Phi) is 6.30. The molecular weight excluding hydrogens is 220 g/mol. The van der Waals surface area contributed by atoms with Crippen molar-refractivity contribution in [1.82, 2.24) is 9.03 Å². The quantitative estimate of drug-likeness (QED) is 0.609. The van der Waals surface area contributed by atoms with E-state index < -0.39 is 16.3 Å². The minimum absolute atomic E-state index is 0.0484. The van der Waals surface area contributed by atoms with E-state index in [0.717, 1.165) is 0 Å². The molecule has 0 saturated carbocycles. The van der Waals surface area contributed by atoms with E-state index in [2.05, 4.69) is 9.46 Å². The van der Waals surface area contributed by atoms with Gasteiger partial charge < -0.3 is 9.84 Å². The average molecular weight is 240 g/mol. The molecule has 0 aromatic heterocycles. The third-order valence-electron chi connectivity index (χ3n) is 1.97. The van der Waals surface area contributed by atoms with E-state index in [9.17, 15) is 13.5 Å². The highest BCUT2D eigenvalue weighted by Gasteiger charge is 2.20. The first-order chi connectivity index (χ1) is 6.81. The zero-order valence-corrected chi connectivity index (χ0v) is 10.4. The molecule has 6 nitrogen and oxygen atoms in total. The first-order valence-electron chi connectivity index (χ1n) is 4.71. The van der Waals surface area contributed by atoms with Crippen LogP contribution in [-0.4, -0.2) is 57.3 Å². The summed E-state index contributed by atoms with van der Waals surface area (Å²) in [4.78, 5) is 0. The fourth-order valence-corrected chi connectivity index (χ4v) is 1.99. The Hall–Kier alpha value is -0.210. The van der Waals surface area contributed by atoms with Crippen LogP contribution in [0.5, 0.6) is 0 Å². The molecule has 2 N–H and O–H groups in total. The Morgan fingerprint density at radius 3 is 2.40 bits per heavy atom. The highest BCUT2D eigenvalue weighted by atomic mass is 32.2. The molecule has 0 fully saturated rings. The Morgan fingerprint density at radius 1 is 1.47 bits per heavy atom. The first-order valence-corrected chi connectivity index (χ1v) is 6.15. The van der Waals surface area contributed by atoms with Crippen LogP contribution in [0.1, 0.15) is 13.8 Å². The number of rotatable bonds is 7. The molecule has 0 aliphatic heterocycles. The molecular formula is C8H20N2O4S. The Morgan fingerprint density at radius 2 is 2.00 bits per heavy atom. The SMILES string of the molecule is COCC(O)CNS(=O)(=O)N(C)C(C)C. The van der Waals surface area contributed by atoms with Gasteiger partial charge >= 0.3 is 0 Å². The van der Waals surface area contributed by atoms with Crippen LogP contribution in [0.2, 0.25) is 0 Å². The van der Waals surface area contributed by atoms with E-state index in [4.69, 9.17) is 0 Å². The summed E-state index contributed by atoms with van der Waals surface area (Å²) in [6.07, 6.45) is -0.828. The largest absolute Gasteiger partial charge is 0.389 e. The van der Waals surface area contributed by atoms with E-state index in [1.54, 1.807) is 13.8 Å². The van der Waals surface area contributed by atoms with Gasteiger partial charge in [0.1, 0.15) is 0 Å². The number of ether oxygens (including phenoxy) is 1. The lowest BCUT2D eigenvalue weighted by Gasteiger charge is -2.22. The summed E-state index contributed by atoms with van der Waals surface area (Å²) in [6.45, 7) is 3.59. The monoisotopic (exact) mass is 240 g/mol. The van der Waals surface area contributed by atoms with Gasteiger partial charge in [0.2, 0.25) is 0 Å². The van der Waals surface area contributed by atoms with Gasteiger partial charge in [-0.2, -0.15) is 17.4 Å². The van der Waals surface area contributed by atoms with Crippen LogP contribution in [0.4, 0.5) is 0 Å². The molecule has 0 bridgehead atoms. The maximum Gasteiger partial charge on any atom is 0.279 e. The standard InChI is InChI=1S/C8H20N2O4S/c1-7(2)10(3)15(12,13)9-5-8(11)6-14-4/h7-9,11H,5-6H2,1-4H3. The zero-order chi connectivity index (χ0) is 12.1. The van der Waals surface area contributed by atoms with Crippen molar-refractivity contribution >= 4 is 10.2 Å². The minimum Gasteiger partial charge on any atom is -0.389 e. The van der Waals surface area contributed by atoms with Crippen molar-refractivity contribution in [2.24, 2.45) is 0 Å². The second kappa shape index (κ2) is 6.39. The van der Waals surface area contributed by atoms with Crippen LogP contribution in [0.3, 0.4) is 0 Å². The second-order valence-corrected chi connectivity index (χ2v) is 5.39. The van der Waals surface area contributed by atoms with Gasteiger partial charge in [0.05, 0.1) is 12.7 Å². The number of aliphatic hydroxyl groups excluding tert-OH is 1. The average Bonchev–Trinajstić information content (AvgIpc) is 2.14. The topological polar surface area (TPSA) is 78.9 Å². The van der Waals surface area contributed by atoms with Gasteiger partial charge in [-0.05, 0) is 13.8 Å². The van der Waals surface area contributed by atoms with Gasteiger partial charge in [0, 0.05) is 26.7 Å². The number of hydrogen-bond donors (Lipinski definition) is 2. The van der Waals surface area contributed by atoms with Gasteiger partial charge in [0.25, 0.3) is 10.2 Å². The summed E-state index contributed by atoms with van der Waals surface area (Å²) in [7, 11) is -0.581. The molecule has 0 amide bonds. The smallest absolute Gasteiger partial charge is 0.279 e. The van der Waals surface area contributed by atoms with Gasteiger partial charge in [-0.3, -0.25) is 0 Å². The van der Waals surface area contributed by atoms with Crippen molar-refractivity contribution in [2.75, 3.05) is 27.3 Å². The van der Waals surface area contributed by atoms with Crippen molar-refractivity contribution < 1.29 is 18.3 Å². The Labute approximate surface area is 91.4 Å². The molecule has 0 aromatic rings. The predicted molar refractivity (Wildman–Crippen MR) is 57.7 cm³/mol. The van der Waals surface area contributed by atoms with Gasteiger partial charge in [-0.15, -0.1) is 0 Å². The summed E-state index contributed by atoms with van der Waals surface area (Å²) in [5.74, 6) is 0. The van der Waals surface area contributed by atoms with Crippen LogP contribution >= 0.6 is 0 Å². The minimum atomic E-state index is -3.51.